The van der Waals surface area contributed by atoms with Gasteiger partial charge in [-0.2, -0.15) is 11.3 Å². The second-order valence-electron chi connectivity index (χ2n) is 2.07. The SMILES string of the molecule is C=CCCc1cscc1Br. The first-order valence-electron chi connectivity index (χ1n) is 3.16. The van der Waals surface area contributed by atoms with E-state index in [1.807, 2.05) is 6.08 Å². The Labute approximate surface area is 73.7 Å². The monoisotopic (exact) mass is 216 g/mol. The molecule has 0 N–H and O–H groups in total. The maximum absolute atomic E-state index is 3.68. The molecule has 0 nitrogen and oxygen atoms in total. The van der Waals surface area contributed by atoms with Gasteiger partial charge in [-0.05, 0) is 39.7 Å². The summed E-state index contributed by atoms with van der Waals surface area (Å²) in [4.78, 5) is 0. The highest BCUT2D eigenvalue weighted by Crippen LogP contribution is 2.22. The quantitative estimate of drug-likeness (QED) is 0.678. The standard InChI is InChI=1S/C8H9BrS/c1-2-3-4-7-5-10-6-8(7)9/h2,5-6H,1,3-4H2. The third-order valence-corrected chi connectivity index (χ3v) is 3.14. The van der Waals surface area contributed by atoms with Crippen LogP contribution in [0.25, 0.3) is 0 Å². The van der Waals surface area contributed by atoms with Crippen molar-refractivity contribution in [2.45, 2.75) is 12.8 Å². The molecule has 1 aromatic heterocycles. The fourth-order valence-electron chi connectivity index (χ4n) is 0.744. The molecule has 0 aliphatic heterocycles. The average Bonchev–Trinajstić information content (AvgIpc) is 2.31. The molecule has 2 heteroatoms. The van der Waals surface area contributed by atoms with Gasteiger partial charge in [0.25, 0.3) is 0 Å². The van der Waals surface area contributed by atoms with Crippen LogP contribution in [-0.4, -0.2) is 0 Å². The van der Waals surface area contributed by atoms with Gasteiger partial charge in [-0.25, -0.2) is 0 Å². The average molecular weight is 217 g/mol. The first-order valence-corrected chi connectivity index (χ1v) is 4.89. The van der Waals surface area contributed by atoms with Gasteiger partial charge in [-0.1, -0.05) is 6.08 Å². The molecule has 0 radical (unpaired) electrons. The number of allylic oxidation sites excluding steroid dienone is 1. The summed E-state index contributed by atoms with van der Waals surface area (Å²) in [5.74, 6) is 0. The van der Waals surface area contributed by atoms with Crippen molar-refractivity contribution in [3.05, 3.63) is 33.5 Å². The van der Waals surface area contributed by atoms with E-state index in [1.54, 1.807) is 11.3 Å². The van der Waals surface area contributed by atoms with E-state index < -0.39 is 0 Å². The summed E-state index contributed by atoms with van der Waals surface area (Å²) >= 11 is 5.21. The van der Waals surface area contributed by atoms with Gasteiger partial charge in [0.05, 0.1) is 0 Å². The van der Waals surface area contributed by atoms with E-state index in [0.717, 1.165) is 12.8 Å². The van der Waals surface area contributed by atoms with Crippen molar-refractivity contribution >= 4 is 27.3 Å². The molecule has 0 aliphatic rings. The highest BCUT2D eigenvalue weighted by atomic mass is 79.9. The predicted molar refractivity (Wildman–Crippen MR) is 50.5 cm³/mol. The summed E-state index contributed by atoms with van der Waals surface area (Å²) in [6, 6.07) is 0. The van der Waals surface area contributed by atoms with E-state index in [0.29, 0.717) is 0 Å². The molecule has 0 spiro atoms. The van der Waals surface area contributed by atoms with Crippen LogP contribution in [0.4, 0.5) is 0 Å². The summed E-state index contributed by atoms with van der Waals surface area (Å²) in [5.41, 5.74) is 1.39. The second kappa shape index (κ2) is 3.94. The molecule has 1 aromatic rings. The summed E-state index contributed by atoms with van der Waals surface area (Å²) in [6.07, 6.45) is 4.12. The van der Waals surface area contributed by atoms with Crippen LogP contribution in [0.3, 0.4) is 0 Å². The first-order chi connectivity index (χ1) is 4.84. The van der Waals surface area contributed by atoms with Crippen LogP contribution in [0.1, 0.15) is 12.0 Å². The summed E-state index contributed by atoms with van der Waals surface area (Å²) in [7, 11) is 0. The summed E-state index contributed by atoms with van der Waals surface area (Å²) in [6.45, 7) is 3.68. The topological polar surface area (TPSA) is 0 Å². The number of rotatable bonds is 3. The van der Waals surface area contributed by atoms with Gasteiger partial charge in [-0.3, -0.25) is 0 Å². The van der Waals surface area contributed by atoms with Gasteiger partial charge >= 0.3 is 0 Å². The van der Waals surface area contributed by atoms with Gasteiger partial charge < -0.3 is 0 Å². The number of halogens is 1. The van der Waals surface area contributed by atoms with Gasteiger partial charge in [0.1, 0.15) is 0 Å². The Morgan fingerprint density at radius 1 is 1.60 bits per heavy atom. The highest BCUT2D eigenvalue weighted by molar-refractivity contribution is 9.10. The Bertz CT molecular complexity index is 215. The molecule has 54 valence electrons. The van der Waals surface area contributed by atoms with E-state index in [4.69, 9.17) is 0 Å². The lowest BCUT2D eigenvalue weighted by molar-refractivity contribution is 1.01. The minimum Gasteiger partial charge on any atom is -0.151 e. The van der Waals surface area contributed by atoms with Gasteiger partial charge in [0.2, 0.25) is 0 Å². The lowest BCUT2D eigenvalue weighted by Crippen LogP contribution is -1.78. The van der Waals surface area contributed by atoms with E-state index in [9.17, 15) is 0 Å². The minimum absolute atomic E-state index is 1.06. The van der Waals surface area contributed by atoms with Crippen molar-refractivity contribution in [1.82, 2.24) is 0 Å². The van der Waals surface area contributed by atoms with Crippen molar-refractivity contribution in [2.75, 3.05) is 0 Å². The fourth-order valence-corrected chi connectivity index (χ4v) is 2.28. The van der Waals surface area contributed by atoms with E-state index in [1.165, 1.54) is 10.0 Å². The Morgan fingerprint density at radius 2 is 2.40 bits per heavy atom. The number of thiophene rings is 1. The molecular weight excluding hydrogens is 208 g/mol. The van der Waals surface area contributed by atoms with Crippen LogP contribution in [0, 0.1) is 0 Å². The van der Waals surface area contributed by atoms with Gasteiger partial charge in [-0.15, -0.1) is 6.58 Å². The Morgan fingerprint density at radius 3 is 2.90 bits per heavy atom. The molecule has 0 unspecified atom stereocenters. The van der Waals surface area contributed by atoms with Crippen LogP contribution in [0.5, 0.6) is 0 Å². The van der Waals surface area contributed by atoms with Crippen molar-refractivity contribution in [2.24, 2.45) is 0 Å². The number of hydrogen-bond donors (Lipinski definition) is 0. The molecule has 0 atom stereocenters. The molecule has 0 aliphatic carbocycles. The van der Waals surface area contributed by atoms with Gasteiger partial charge in [0, 0.05) is 9.85 Å². The highest BCUT2D eigenvalue weighted by Gasteiger charge is 1.97. The Hall–Kier alpha value is -0.0800. The molecule has 0 bridgehead atoms. The van der Waals surface area contributed by atoms with Crippen LogP contribution in [0.2, 0.25) is 0 Å². The molecule has 0 amide bonds. The third-order valence-electron chi connectivity index (χ3n) is 1.31. The van der Waals surface area contributed by atoms with Crippen molar-refractivity contribution in [1.29, 1.82) is 0 Å². The van der Waals surface area contributed by atoms with E-state index in [-0.39, 0.29) is 0 Å². The number of aryl methyl sites for hydroxylation is 1. The number of hydrogen-bond acceptors (Lipinski definition) is 1. The fraction of sp³-hybridized carbons (Fsp3) is 0.250. The normalized spacial score (nSPS) is 9.70. The zero-order valence-corrected chi connectivity index (χ0v) is 8.04. The van der Waals surface area contributed by atoms with Crippen molar-refractivity contribution < 1.29 is 0 Å². The lowest BCUT2D eigenvalue weighted by atomic mass is 10.2. The first kappa shape index (κ1) is 8.02. The molecule has 10 heavy (non-hydrogen) atoms. The molecule has 0 saturated heterocycles. The third kappa shape index (κ3) is 1.96. The minimum atomic E-state index is 1.06. The summed E-state index contributed by atoms with van der Waals surface area (Å²) in [5, 5.41) is 4.28. The van der Waals surface area contributed by atoms with Crippen molar-refractivity contribution in [3.63, 3.8) is 0 Å². The lowest BCUT2D eigenvalue weighted by Gasteiger charge is -1.92. The van der Waals surface area contributed by atoms with Crippen LogP contribution < -0.4 is 0 Å². The Kier molecular flexibility index (Phi) is 3.16. The Balaban J connectivity index is 2.56. The predicted octanol–water partition coefficient (Wildman–Crippen LogP) is 3.63. The van der Waals surface area contributed by atoms with E-state index >= 15 is 0 Å². The van der Waals surface area contributed by atoms with Crippen LogP contribution in [0.15, 0.2) is 27.9 Å². The largest absolute Gasteiger partial charge is 0.151 e. The molecule has 0 aromatic carbocycles. The zero-order valence-electron chi connectivity index (χ0n) is 5.64. The maximum Gasteiger partial charge on any atom is 0.0314 e. The summed E-state index contributed by atoms with van der Waals surface area (Å²) < 4.78 is 1.24. The molecule has 0 fully saturated rings. The van der Waals surface area contributed by atoms with E-state index in [2.05, 4.69) is 33.3 Å². The smallest absolute Gasteiger partial charge is 0.0314 e. The molecule has 1 rings (SSSR count). The van der Waals surface area contributed by atoms with Gasteiger partial charge in [0.15, 0.2) is 0 Å². The van der Waals surface area contributed by atoms with Crippen molar-refractivity contribution in [3.8, 4) is 0 Å². The maximum atomic E-state index is 3.68. The zero-order chi connectivity index (χ0) is 7.40. The molecule has 0 saturated carbocycles. The van der Waals surface area contributed by atoms with Crippen LogP contribution in [-0.2, 0) is 6.42 Å². The van der Waals surface area contributed by atoms with Crippen LogP contribution >= 0.6 is 27.3 Å². The molecular formula is C8H9BrS. The second-order valence-corrected chi connectivity index (χ2v) is 3.67. The molecule has 1 heterocycles.